The SMILES string of the molecule is NCc1ccc(OCc2ccn(C3CCCC3)n2)cn1. The van der Waals surface area contributed by atoms with Crippen molar-refractivity contribution >= 4 is 0 Å². The fourth-order valence-corrected chi connectivity index (χ4v) is 2.60. The van der Waals surface area contributed by atoms with Crippen molar-refractivity contribution in [3.05, 3.63) is 42.0 Å². The van der Waals surface area contributed by atoms with E-state index in [1.165, 1.54) is 25.7 Å². The highest BCUT2D eigenvalue weighted by Gasteiger charge is 2.17. The Morgan fingerprint density at radius 1 is 1.20 bits per heavy atom. The third-order valence-electron chi connectivity index (χ3n) is 3.76. The Balaban J connectivity index is 1.57. The molecule has 1 saturated carbocycles. The summed E-state index contributed by atoms with van der Waals surface area (Å²) in [6.07, 6.45) is 8.88. The second-order valence-electron chi connectivity index (χ2n) is 5.20. The van der Waals surface area contributed by atoms with E-state index >= 15 is 0 Å². The van der Waals surface area contributed by atoms with Gasteiger partial charge in [0.2, 0.25) is 0 Å². The summed E-state index contributed by atoms with van der Waals surface area (Å²) in [7, 11) is 0. The monoisotopic (exact) mass is 272 g/mol. The number of nitrogens with two attached hydrogens (primary N) is 1. The average molecular weight is 272 g/mol. The third kappa shape index (κ3) is 2.99. The van der Waals surface area contributed by atoms with E-state index in [0.29, 0.717) is 19.2 Å². The lowest BCUT2D eigenvalue weighted by Crippen LogP contribution is -2.06. The number of pyridine rings is 1. The molecule has 0 saturated heterocycles. The minimum Gasteiger partial charge on any atom is -0.486 e. The van der Waals surface area contributed by atoms with Gasteiger partial charge in [-0.1, -0.05) is 12.8 Å². The van der Waals surface area contributed by atoms with E-state index < -0.39 is 0 Å². The van der Waals surface area contributed by atoms with Crippen LogP contribution in [0.4, 0.5) is 0 Å². The summed E-state index contributed by atoms with van der Waals surface area (Å²) in [5.41, 5.74) is 7.33. The molecule has 2 heterocycles. The van der Waals surface area contributed by atoms with Gasteiger partial charge in [0.25, 0.3) is 0 Å². The van der Waals surface area contributed by atoms with Crippen LogP contribution in [-0.4, -0.2) is 14.8 Å². The van der Waals surface area contributed by atoms with Gasteiger partial charge in [-0.05, 0) is 31.0 Å². The molecule has 0 bridgehead atoms. The van der Waals surface area contributed by atoms with Gasteiger partial charge in [-0.25, -0.2) is 0 Å². The molecule has 5 nitrogen and oxygen atoms in total. The van der Waals surface area contributed by atoms with Crippen molar-refractivity contribution in [3.8, 4) is 5.75 Å². The molecule has 0 radical (unpaired) electrons. The first-order chi connectivity index (χ1) is 9.85. The molecule has 2 aromatic heterocycles. The molecule has 3 rings (SSSR count). The fourth-order valence-electron chi connectivity index (χ4n) is 2.60. The zero-order valence-electron chi connectivity index (χ0n) is 11.5. The van der Waals surface area contributed by atoms with Crippen molar-refractivity contribution in [2.75, 3.05) is 0 Å². The molecule has 0 atom stereocenters. The summed E-state index contributed by atoms with van der Waals surface area (Å²) in [6.45, 7) is 0.926. The molecule has 0 amide bonds. The molecule has 2 N–H and O–H groups in total. The first-order valence-corrected chi connectivity index (χ1v) is 7.17. The van der Waals surface area contributed by atoms with Crippen molar-refractivity contribution in [2.24, 2.45) is 5.73 Å². The van der Waals surface area contributed by atoms with Crippen LogP contribution < -0.4 is 10.5 Å². The maximum absolute atomic E-state index is 5.69. The number of rotatable bonds is 5. The Hall–Kier alpha value is -1.88. The van der Waals surface area contributed by atoms with E-state index in [9.17, 15) is 0 Å². The summed E-state index contributed by atoms with van der Waals surface area (Å²) in [4.78, 5) is 4.20. The number of hydrogen-bond acceptors (Lipinski definition) is 4. The maximum atomic E-state index is 5.69. The van der Waals surface area contributed by atoms with Crippen LogP contribution in [0.2, 0.25) is 0 Å². The summed E-state index contributed by atoms with van der Waals surface area (Å²) < 4.78 is 7.77. The molecule has 1 aliphatic carbocycles. The van der Waals surface area contributed by atoms with Gasteiger partial charge in [-0.3, -0.25) is 9.67 Å². The molecule has 106 valence electrons. The van der Waals surface area contributed by atoms with E-state index in [-0.39, 0.29) is 0 Å². The predicted molar refractivity (Wildman–Crippen MR) is 76.2 cm³/mol. The van der Waals surface area contributed by atoms with E-state index in [1.54, 1.807) is 6.20 Å². The van der Waals surface area contributed by atoms with Gasteiger partial charge in [0.05, 0.1) is 23.6 Å². The number of aromatic nitrogens is 3. The predicted octanol–water partition coefficient (Wildman–Crippen LogP) is 2.43. The molecule has 0 spiro atoms. The van der Waals surface area contributed by atoms with Crippen molar-refractivity contribution < 1.29 is 4.74 Å². The zero-order valence-corrected chi connectivity index (χ0v) is 11.5. The summed E-state index contributed by atoms with van der Waals surface area (Å²) >= 11 is 0. The first-order valence-electron chi connectivity index (χ1n) is 7.17. The maximum Gasteiger partial charge on any atom is 0.138 e. The fraction of sp³-hybridized carbons (Fsp3) is 0.467. The van der Waals surface area contributed by atoms with Gasteiger partial charge in [0.1, 0.15) is 12.4 Å². The quantitative estimate of drug-likeness (QED) is 0.907. The van der Waals surface area contributed by atoms with Crippen LogP contribution in [0.1, 0.15) is 43.1 Å². The van der Waals surface area contributed by atoms with E-state index in [4.69, 9.17) is 10.5 Å². The molecule has 0 aromatic carbocycles. The van der Waals surface area contributed by atoms with Crippen molar-refractivity contribution in [1.29, 1.82) is 0 Å². The third-order valence-corrected chi connectivity index (χ3v) is 3.76. The van der Waals surface area contributed by atoms with Crippen LogP contribution in [0.3, 0.4) is 0 Å². The Labute approximate surface area is 118 Å². The molecule has 1 fully saturated rings. The Morgan fingerprint density at radius 3 is 2.75 bits per heavy atom. The highest BCUT2D eigenvalue weighted by Crippen LogP contribution is 2.28. The minimum atomic E-state index is 0.450. The van der Waals surface area contributed by atoms with Gasteiger partial charge in [0, 0.05) is 12.7 Å². The van der Waals surface area contributed by atoms with Crippen LogP contribution >= 0.6 is 0 Å². The Kier molecular flexibility index (Phi) is 3.97. The molecule has 5 heteroatoms. The molecular formula is C15H20N4O. The Bertz CT molecular complexity index is 543. The number of hydrogen-bond donors (Lipinski definition) is 1. The first kappa shape index (κ1) is 13.1. The summed E-state index contributed by atoms with van der Waals surface area (Å²) in [6, 6.07) is 6.38. The van der Waals surface area contributed by atoms with Crippen molar-refractivity contribution in [3.63, 3.8) is 0 Å². The topological polar surface area (TPSA) is 66.0 Å². The molecular weight excluding hydrogens is 252 g/mol. The van der Waals surface area contributed by atoms with Crippen molar-refractivity contribution in [1.82, 2.24) is 14.8 Å². The zero-order chi connectivity index (χ0) is 13.8. The van der Waals surface area contributed by atoms with Crippen LogP contribution in [-0.2, 0) is 13.2 Å². The second kappa shape index (κ2) is 6.05. The number of nitrogens with zero attached hydrogens (tertiary/aromatic N) is 3. The molecule has 0 aliphatic heterocycles. The van der Waals surface area contributed by atoms with Gasteiger partial charge in [0.15, 0.2) is 0 Å². The molecule has 1 aliphatic rings. The lowest BCUT2D eigenvalue weighted by atomic mass is 10.3. The highest BCUT2D eigenvalue weighted by molar-refractivity contribution is 5.20. The Morgan fingerprint density at radius 2 is 2.05 bits per heavy atom. The largest absolute Gasteiger partial charge is 0.486 e. The normalized spacial score (nSPS) is 15.7. The molecule has 20 heavy (non-hydrogen) atoms. The molecule has 2 aromatic rings. The summed E-state index contributed by atoms with van der Waals surface area (Å²) in [5.74, 6) is 0.748. The van der Waals surface area contributed by atoms with Crippen LogP contribution in [0.15, 0.2) is 30.6 Å². The minimum absolute atomic E-state index is 0.450. The van der Waals surface area contributed by atoms with E-state index in [0.717, 1.165) is 17.1 Å². The van der Waals surface area contributed by atoms with Crippen LogP contribution in [0.25, 0.3) is 0 Å². The average Bonchev–Trinajstić information content (AvgIpc) is 3.16. The van der Waals surface area contributed by atoms with E-state index in [2.05, 4.69) is 21.0 Å². The lowest BCUT2D eigenvalue weighted by molar-refractivity contribution is 0.296. The second-order valence-corrected chi connectivity index (χ2v) is 5.20. The van der Waals surface area contributed by atoms with Gasteiger partial charge < -0.3 is 10.5 Å². The highest BCUT2D eigenvalue weighted by atomic mass is 16.5. The lowest BCUT2D eigenvalue weighted by Gasteiger charge is -2.09. The standard InChI is InChI=1S/C15H20N4O/c16-9-12-5-6-15(10-17-12)20-11-13-7-8-19(18-13)14-3-1-2-4-14/h5-8,10,14H,1-4,9,11,16H2. The molecule has 0 unspecified atom stereocenters. The van der Waals surface area contributed by atoms with Gasteiger partial charge >= 0.3 is 0 Å². The van der Waals surface area contributed by atoms with Gasteiger partial charge in [-0.2, -0.15) is 5.10 Å². The number of ether oxygens (including phenoxy) is 1. The van der Waals surface area contributed by atoms with E-state index in [1.807, 2.05) is 18.2 Å². The van der Waals surface area contributed by atoms with Crippen molar-refractivity contribution in [2.45, 2.75) is 44.9 Å². The smallest absolute Gasteiger partial charge is 0.138 e. The van der Waals surface area contributed by atoms with Crippen LogP contribution in [0, 0.1) is 0 Å². The summed E-state index contributed by atoms with van der Waals surface area (Å²) in [5, 5.41) is 4.59. The van der Waals surface area contributed by atoms with Crippen LogP contribution in [0.5, 0.6) is 5.75 Å². The van der Waals surface area contributed by atoms with Gasteiger partial charge in [-0.15, -0.1) is 0 Å².